The summed E-state index contributed by atoms with van der Waals surface area (Å²) < 4.78 is 27.6. The highest BCUT2D eigenvalue weighted by atomic mass is 19.1. The van der Waals surface area contributed by atoms with E-state index in [1.165, 1.54) is 21.9 Å². The van der Waals surface area contributed by atoms with Gasteiger partial charge in [-0.1, -0.05) is 30.3 Å². The van der Waals surface area contributed by atoms with Gasteiger partial charge in [-0.15, -0.1) is 0 Å². The van der Waals surface area contributed by atoms with Crippen molar-refractivity contribution < 1.29 is 18.4 Å². The van der Waals surface area contributed by atoms with E-state index in [1.807, 2.05) is 0 Å². The Balaban J connectivity index is 1.76. The number of carbonyl (C=O) groups excluding carboxylic acids is 2. The van der Waals surface area contributed by atoms with Gasteiger partial charge >= 0.3 is 0 Å². The van der Waals surface area contributed by atoms with Gasteiger partial charge < -0.3 is 9.80 Å². The van der Waals surface area contributed by atoms with Crippen LogP contribution < -0.4 is 0 Å². The van der Waals surface area contributed by atoms with Crippen molar-refractivity contribution in [3.05, 3.63) is 70.8 Å². The van der Waals surface area contributed by atoms with Crippen molar-refractivity contribution in [2.45, 2.75) is 33.0 Å². The van der Waals surface area contributed by atoms with E-state index in [1.54, 1.807) is 44.2 Å². The molecule has 1 atom stereocenters. The molecule has 1 saturated heterocycles. The smallest absolute Gasteiger partial charge is 0.245 e. The van der Waals surface area contributed by atoms with Crippen molar-refractivity contribution in [3.63, 3.8) is 0 Å². The van der Waals surface area contributed by atoms with Gasteiger partial charge in [0.15, 0.2) is 0 Å². The van der Waals surface area contributed by atoms with Crippen molar-refractivity contribution in [3.8, 4) is 0 Å². The van der Waals surface area contributed by atoms with E-state index in [2.05, 4.69) is 0 Å². The van der Waals surface area contributed by atoms with Gasteiger partial charge in [-0.2, -0.15) is 0 Å². The highest BCUT2D eigenvalue weighted by molar-refractivity contribution is 5.94. The average Bonchev–Trinajstić information content (AvgIpc) is 2.60. The minimum absolute atomic E-state index is 0.0487. The first-order chi connectivity index (χ1) is 12.4. The lowest BCUT2D eigenvalue weighted by Gasteiger charge is -2.39. The van der Waals surface area contributed by atoms with Crippen molar-refractivity contribution in [1.82, 2.24) is 9.80 Å². The zero-order valence-electron chi connectivity index (χ0n) is 14.7. The van der Waals surface area contributed by atoms with Gasteiger partial charge in [0.25, 0.3) is 0 Å². The van der Waals surface area contributed by atoms with E-state index >= 15 is 0 Å². The average molecular weight is 358 g/mol. The number of hydrogen-bond acceptors (Lipinski definition) is 2. The molecule has 3 rings (SSSR count). The van der Waals surface area contributed by atoms with Crippen LogP contribution in [0.25, 0.3) is 0 Å². The zero-order chi connectivity index (χ0) is 18.8. The molecule has 2 aromatic carbocycles. The Morgan fingerprint density at radius 3 is 2.54 bits per heavy atom. The summed E-state index contributed by atoms with van der Waals surface area (Å²) in [4.78, 5) is 28.0. The van der Waals surface area contributed by atoms with E-state index in [9.17, 15) is 18.4 Å². The molecule has 1 heterocycles. The van der Waals surface area contributed by atoms with Crippen LogP contribution in [0.3, 0.4) is 0 Å². The number of amides is 2. The van der Waals surface area contributed by atoms with Crippen LogP contribution in [0.5, 0.6) is 0 Å². The zero-order valence-corrected chi connectivity index (χ0v) is 14.7. The largest absolute Gasteiger partial charge is 0.327 e. The van der Waals surface area contributed by atoms with E-state index in [-0.39, 0.29) is 43.1 Å². The van der Waals surface area contributed by atoms with Crippen molar-refractivity contribution in [2.24, 2.45) is 0 Å². The van der Waals surface area contributed by atoms with E-state index in [0.29, 0.717) is 16.7 Å². The number of hydrogen-bond donors (Lipinski definition) is 0. The molecule has 0 aromatic heterocycles. The van der Waals surface area contributed by atoms with E-state index in [4.69, 9.17) is 0 Å². The van der Waals surface area contributed by atoms with E-state index in [0.717, 1.165) is 0 Å². The molecular weight excluding hydrogens is 338 g/mol. The Morgan fingerprint density at radius 1 is 1.08 bits per heavy atom. The van der Waals surface area contributed by atoms with Crippen molar-refractivity contribution >= 4 is 11.8 Å². The van der Waals surface area contributed by atoms with Gasteiger partial charge in [0.1, 0.15) is 24.2 Å². The monoisotopic (exact) mass is 358 g/mol. The van der Waals surface area contributed by atoms with Crippen LogP contribution in [-0.4, -0.2) is 34.2 Å². The molecular formula is C20H20F2N2O2. The summed E-state index contributed by atoms with van der Waals surface area (Å²) >= 11 is 0. The fourth-order valence-corrected chi connectivity index (χ4v) is 3.17. The molecule has 0 bridgehead atoms. The Bertz CT molecular complexity index is 853. The second-order valence-corrected chi connectivity index (χ2v) is 6.57. The molecule has 4 nitrogen and oxygen atoms in total. The molecule has 1 fully saturated rings. The molecule has 2 aromatic rings. The highest BCUT2D eigenvalue weighted by Gasteiger charge is 2.36. The number of rotatable bonds is 4. The molecule has 1 aliphatic rings. The quantitative estimate of drug-likeness (QED) is 0.843. The minimum Gasteiger partial charge on any atom is -0.327 e. The highest BCUT2D eigenvalue weighted by Crippen LogP contribution is 2.21. The van der Waals surface area contributed by atoms with Crippen LogP contribution in [0, 0.1) is 18.6 Å². The number of nitrogens with zero attached hydrogens (tertiary/aromatic N) is 2. The van der Waals surface area contributed by atoms with Crippen LogP contribution in [0.4, 0.5) is 8.78 Å². The Hall–Kier alpha value is -2.76. The molecule has 0 unspecified atom stereocenters. The maximum atomic E-state index is 14.2. The molecule has 0 radical (unpaired) electrons. The molecule has 0 spiro atoms. The standard InChI is InChI=1S/C20H20F2N2O2/c1-13-5-3-7-16(19(13)22)11-24-14(2)20(26)23(12-18(24)25)10-15-6-4-8-17(21)9-15/h3-9,14H,10-12H2,1-2H3/t14-/m0/s1. The maximum Gasteiger partial charge on any atom is 0.245 e. The van der Waals surface area contributed by atoms with Crippen LogP contribution in [0.15, 0.2) is 42.5 Å². The normalized spacial score (nSPS) is 17.8. The maximum absolute atomic E-state index is 14.2. The third kappa shape index (κ3) is 3.59. The van der Waals surface area contributed by atoms with Crippen molar-refractivity contribution in [2.75, 3.05) is 6.54 Å². The molecule has 26 heavy (non-hydrogen) atoms. The second kappa shape index (κ2) is 7.23. The lowest BCUT2D eigenvalue weighted by Crippen LogP contribution is -2.58. The van der Waals surface area contributed by atoms with Gasteiger partial charge in [0, 0.05) is 18.7 Å². The molecule has 136 valence electrons. The summed E-state index contributed by atoms with van der Waals surface area (Å²) in [7, 11) is 0. The number of carbonyl (C=O) groups is 2. The predicted octanol–water partition coefficient (Wildman–Crippen LogP) is 3.03. The number of piperazine rings is 1. The number of halogens is 2. The second-order valence-electron chi connectivity index (χ2n) is 6.57. The van der Waals surface area contributed by atoms with Gasteiger partial charge in [0.05, 0.1) is 0 Å². The van der Waals surface area contributed by atoms with Crippen LogP contribution >= 0.6 is 0 Å². The summed E-state index contributed by atoms with van der Waals surface area (Å²) in [6, 6.07) is 10.2. The summed E-state index contributed by atoms with van der Waals surface area (Å²) in [6.07, 6.45) is 0. The minimum atomic E-state index is -0.704. The molecule has 2 amide bonds. The van der Waals surface area contributed by atoms with Crippen LogP contribution in [0.1, 0.15) is 23.6 Å². The fraction of sp³-hybridized carbons (Fsp3) is 0.300. The lowest BCUT2D eigenvalue weighted by atomic mass is 10.1. The fourth-order valence-electron chi connectivity index (χ4n) is 3.17. The predicted molar refractivity (Wildman–Crippen MR) is 93.0 cm³/mol. The summed E-state index contributed by atoms with van der Waals surface area (Å²) in [6.45, 7) is 3.40. The molecule has 0 saturated carbocycles. The molecule has 6 heteroatoms. The van der Waals surface area contributed by atoms with Gasteiger partial charge in [0.2, 0.25) is 11.8 Å². The Kier molecular flexibility index (Phi) is 5.02. The number of aryl methyl sites for hydroxylation is 1. The van der Waals surface area contributed by atoms with E-state index < -0.39 is 6.04 Å². The van der Waals surface area contributed by atoms with Crippen LogP contribution in [0.2, 0.25) is 0 Å². The van der Waals surface area contributed by atoms with Gasteiger partial charge in [-0.05, 0) is 37.1 Å². The molecule has 1 aliphatic heterocycles. The Labute approximate surface area is 151 Å². The third-order valence-electron chi connectivity index (χ3n) is 4.66. The van der Waals surface area contributed by atoms with Gasteiger partial charge in [-0.25, -0.2) is 8.78 Å². The first-order valence-electron chi connectivity index (χ1n) is 8.43. The van der Waals surface area contributed by atoms with Gasteiger partial charge in [-0.3, -0.25) is 9.59 Å². The summed E-state index contributed by atoms with van der Waals surface area (Å²) in [5.41, 5.74) is 1.51. The first kappa shape index (κ1) is 18.0. The molecule has 0 aliphatic carbocycles. The summed E-state index contributed by atoms with van der Waals surface area (Å²) in [5, 5.41) is 0. The van der Waals surface area contributed by atoms with Crippen molar-refractivity contribution in [1.29, 1.82) is 0 Å². The molecule has 0 N–H and O–H groups in total. The summed E-state index contributed by atoms with van der Waals surface area (Å²) in [5.74, 6) is -1.23. The third-order valence-corrected chi connectivity index (χ3v) is 4.66. The first-order valence-corrected chi connectivity index (χ1v) is 8.43. The Morgan fingerprint density at radius 2 is 1.81 bits per heavy atom. The topological polar surface area (TPSA) is 40.6 Å². The van der Waals surface area contributed by atoms with Crippen LogP contribution in [-0.2, 0) is 22.7 Å². The lowest BCUT2D eigenvalue weighted by molar-refractivity contribution is -0.156. The SMILES string of the molecule is Cc1cccc(CN2C(=O)CN(Cc3cccc(F)c3)C(=O)[C@@H]2C)c1F. The number of benzene rings is 2.